The fourth-order valence-electron chi connectivity index (χ4n) is 12.4. The van der Waals surface area contributed by atoms with Crippen LogP contribution < -0.4 is 25.6 Å². The third-order valence-electron chi connectivity index (χ3n) is 15.8. The van der Waals surface area contributed by atoms with Crippen LogP contribution in [0.5, 0.6) is 0 Å². The molecule has 0 spiro atoms. The minimum atomic E-state index is -2.98. The molecule has 0 saturated heterocycles. The maximum atomic E-state index is 5.60. The number of pyridine rings is 1. The fraction of sp³-hybridized carbons (Fsp3) is 0.129. The highest BCUT2D eigenvalue weighted by molar-refractivity contribution is 7.20. The summed E-state index contributed by atoms with van der Waals surface area (Å²) in [6.07, 6.45) is 8.61. The van der Waals surface area contributed by atoms with E-state index in [2.05, 4.69) is 236 Å². The Balaban J connectivity index is 1.08. The minimum absolute atomic E-state index is 0.0472. The normalized spacial score (nSPS) is 17.9. The third kappa shape index (κ3) is 6.23. The number of hydrogen-bond acceptors (Lipinski definition) is 5. The lowest BCUT2D eigenvalue weighted by Crippen LogP contribution is -2.74. The van der Waals surface area contributed by atoms with Gasteiger partial charge in [-0.3, -0.25) is 9.55 Å². The zero-order chi connectivity index (χ0) is 46.2. The van der Waals surface area contributed by atoms with Crippen molar-refractivity contribution in [3.8, 4) is 28.7 Å². The Hall–Kier alpha value is -8.00. The molecular weight excluding hydrogens is 857 g/mol. The molecule has 13 rings (SSSR count). The van der Waals surface area contributed by atoms with Crippen molar-refractivity contribution in [3.05, 3.63) is 224 Å². The van der Waals surface area contributed by atoms with Crippen LogP contribution in [0.4, 0.5) is 11.4 Å². The molecule has 2 aliphatic rings. The lowest BCUT2D eigenvalue weighted by Gasteiger charge is -2.50. The van der Waals surface area contributed by atoms with Gasteiger partial charge in [0, 0.05) is 33.5 Å². The molecule has 7 heteroatoms. The number of aromatic nitrogens is 5. The van der Waals surface area contributed by atoms with Gasteiger partial charge in [-0.15, -0.1) is 0 Å². The molecule has 0 amide bonds. The van der Waals surface area contributed by atoms with Crippen LogP contribution in [0, 0.1) is 0 Å². The highest BCUT2D eigenvalue weighted by Gasteiger charge is 2.58. The number of rotatable bonds is 8. The second-order valence-corrected chi connectivity index (χ2v) is 23.1. The van der Waals surface area contributed by atoms with Gasteiger partial charge in [0.2, 0.25) is 5.95 Å². The number of para-hydroxylation sites is 3. The predicted molar refractivity (Wildman–Crippen MR) is 287 cm³/mol. The van der Waals surface area contributed by atoms with E-state index in [1.807, 2.05) is 6.20 Å². The Kier molecular flexibility index (Phi) is 9.60. The number of nitrogens with zero attached hydrogens (tertiary/aromatic N) is 6. The minimum Gasteiger partial charge on any atom is -0.333 e. The summed E-state index contributed by atoms with van der Waals surface area (Å²) in [5, 5.41) is 9.94. The van der Waals surface area contributed by atoms with Gasteiger partial charge in [-0.25, -0.2) is 4.98 Å². The lowest BCUT2D eigenvalue weighted by atomic mass is 9.61. The van der Waals surface area contributed by atoms with Crippen molar-refractivity contribution in [1.82, 2.24) is 24.5 Å². The first kappa shape index (κ1) is 41.2. The van der Waals surface area contributed by atoms with Crippen molar-refractivity contribution in [1.29, 1.82) is 0 Å². The van der Waals surface area contributed by atoms with Gasteiger partial charge < -0.3 is 4.90 Å². The van der Waals surface area contributed by atoms with E-state index in [9.17, 15) is 0 Å². The van der Waals surface area contributed by atoms with E-state index in [0.29, 0.717) is 17.6 Å². The van der Waals surface area contributed by atoms with Crippen LogP contribution in [-0.4, -0.2) is 38.1 Å². The molecule has 11 aromatic rings. The van der Waals surface area contributed by atoms with E-state index in [1.165, 1.54) is 55.6 Å². The predicted octanol–water partition coefficient (Wildman–Crippen LogP) is 12.0. The van der Waals surface area contributed by atoms with Gasteiger partial charge in [-0.1, -0.05) is 196 Å². The van der Waals surface area contributed by atoms with E-state index in [4.69, 9.17) is 19.9 Å². The van der Waals surface area contributed by atoms with E-state index in [1.54, 1.807) is 0 Å². The lowest BCUT2D eigenvalue weighted by molar-refractivity contribution is 0.195. The van der Waals surface area contributed by atoms with Crippen LogP contribution in [0.2, 0.25) is 0 Å². The topological polar surface area (TPSA) is 59.7 Å². The first-order valence-electron chi connectivity index (χ1n) is 24.3. The maximum Gasteiger partial charge on any atom is 0.238 e. The van der Waals surface area contributed by atoms with Crippen molar-refractivity contribution < 1.29 is 0 Å². The second kappa shape index (κ2) is 16.1. The number of hydrogen-bond donors (Lipinski definition) is 0. The summed E-state index contributed by atoms with van der Waals surface area (Å²) in [6, 6.07) is 75.3. The third-order valence-corrected chi connectivity index (χ3v) is 20.6. The molecule has 0 bridgehead atoms. The Morgan fingerprint density at radius 2 is 1.09 bits per heavy atom. The maximum absolute atomic E-state index is 5.60. The van der Waals surface area contributed by atoms with E-state index >= 15 is 0 Å². The van der Waals surface area contributed by atoms with Crippen LogP contribution in [0.1, 0.15) is 45.1 Å². The van der Waals surface area contributed by atoms with Crippen molar-refractivity contribution in [2.24, 2.45) is 0 Å². The van der Waals surface area contributed by atoms with Crippen molar-refractivity contribution in [2.45, 2.75) is 50.5 Å². The smallest absolute Gasteiger partial charge is 0.238 e. The highest BCUT2D eigenvalue weighted by atomic mass is 28.3. The molecule has 1 saturated carbocycles. The van der Waals surface area contributed by atoms with Gasteiger partial charge in [0.05, 0.1) is 34.1 Å². The summed E-state index contributed by atoms with van der Waals surface area (Å²) in [5.41, 5.74) is 7.36. The molecule has 8 aromatic carbocycles. The van der Waals surface area contributed by atoms with Gasteiger partial charge in [0.25, 0.3) is 0 Å². The number of anilines is 2. The molecule has 0 N–H and O–H groups in total. The van der Waals surface area contributed by atoms with Crippen molar-refractivity contribution >= 4 is 72.8 Å². The molecule has 2 unspecified atom stereocenters. The summed E-state index contributed by atoms with van der Waals surface area (Å²) >= 11 is 0. The molecule has 2 atom stereocenters. The summed E-state index contributed by atoms with van der Waals surface area (Å²) in [4.78, 5) is 24.0. The van der Waals surface area contributed by atoms with Gasteiger partial charge in [0.1, 0.15) is 0 Å². The Morgan fingerprint density at radius 1 is 0.478 bits per heavy atom. The average molecular weight is 907 g/mol. The van der Waals surface area contributed by atoms with Gasteiger partial charge >= 0.3 is 0 Å². The molecule has 4 heterocycles. The average Bonchev–Trinajstić information content (AvgIpc) is 3.86. The standard InChI is InChI=1S/C62H50N6Si/c1-61-37-17-18-38-62(61,2)68(57-42-63-39-36-53(57)61)56-33-16-13-30-52(56)59-64-58(65-60(66-59)67-54-31-14-11-28-50(54)51-29-12-15-32-55(51)67)45-22-19-27-48(41-45)69(46-23-5-3-6-24-46,47-25-7-4-8-26-47)49-35-34-43-20-9-10-21-44(43)40-49/h3-16,19-36,39-42H,17-18,37-38H2,1-2H3. The zero-order valence-corrected chi connectivity index (χ0v) is 39.8. The summed E-state index contributed by atoms with van der Waals surface area (Å²) < 4.78 is 2.22. The molecular formula is C62H50N6Si. The van der Waals surface area contributed by atoms with Crippen molar-refractivity contribution in [3.63, 3.8) is 0 Å². The molecule has 1 aliphatic heterocycles. The molecule has 0 radical (unpaired) electrons. The zero-order valence-electron chi connectivity index (χ0n) is 38.8. The first-order valence-corrected chi connectivity index (χ1v) is 26.3. The molecule has 3 aromatic heterocycles. The number of benzene rings is 8. The van der Waals surface area contributed by atoms with Crippen LogP contribution in [-0.2, 0) is 5.41 Å². The summed E-state index contributed by atoms with van der Waals surface area (Å²) in [5.74, 6) is 1.82. The van der Waals surface area contributed by atoms with Crippen LogP contribution in [0.25, 0.3) is 61.3 Å². The van der Waals surface area contributed by atoms with Gasteiger partial charge in [0.15, 0.2) is 19.7 Å². The van der Waals surface area contributed by atoms with E-state index < -0.39 is 8.07 Å². The van der Waals surface area contributed by atoms with E-state index in [0.717, 1.165) is 51.5 Å². The molecule has 6 nitrogen and oxygen atoms in total. The monoisotopic (exact) mass is 906 g/mol. The number of fused-ring (bicyclic) bond motifs is 7. The Bertz CT molecular complexity index is 3660. The fourth-order valence-corrected chi connectivity index (χ4v) is 17.2. The van der Waals surface area contributed by atoms with Gasteiger partial charge in [-0.05, 0) is 87.2 Å². The molecule has 1 aliphatic carbocycles. The second-order valence-electron chi connectivity index (χ2n) is 19.3. The molecule has 332 valence electrons. The largest absolute Gasteiger partial charge is 0.333 e. The van der Waals surface area contributed by atoms with E-state index in [-0.39, 0.29) is 11.0 Å². The summed E-state index contributed by atoms with van der Waals surface area (Å²) in [6.45, 7) is 4.93. The van der Waals surface area contributed by atoms with Crippen LogP contribution >= 0.6 is 0 Å². The molecule has 69 heavy (non-hydrogen) atoms. The molecule has 1 fully saturated rings. The quantitative estimate of drug-likeness (QED) is 0.112. The SMILES string of the molecule is CC12CCCCC1(C)N(c1ccccc1-c1nc(-c3cccc([Si](c4ccccc4)(c4ccccc4)c4ccc5ccccc5c4)c3)nc(-n3c4ccccc4c4ccccc43)n1)c1cnccc12. The van der Waals surface area contributed by atoms with Gasteiger partial charge in [-0.2, -0.15) is 9.97 Å². The van der Waals surface area contributed by atoms with Crippen LogP contribution in [0.15, 0.2) is 219 Å². The Labute approximate surface area is 403 Å². The van der Waals surface area contributed by atoms with Crippen molar-refractivity contribution in [2.75, 3.05) is 4.90 Å². The summed E-state index contributed by atoms with van der Waals surface area (Å²) in [7, 11) is -2.98. The first-order chi connectivity index (χ1) is 34.0. The Morgan fingerprint density at radius 3 is 1.84 bits per heavy atom. The van der Waals surface area contributed by atoms with Crippen LogP contribution in [0.3, 0.4) is 0 Å². The highest BCUT2D eigenvalue weighted by Crippen LogP contribution is 2.61.